The molecule has 0 aliphatic rings. The highest BCUT2D eigenvalue weighted by Crippen LogP contribution is 2.27. The molecule has 2 unspecified atom stereocenters. The maximum atomic E-state index is 12.7. The van der Waals surface area contributed by atoms with Crippen molar-refractivity contribution in [3.05, 3.63) is 59.2 Å². The molecule has 2 amide bonds. The van der Waals surface area contributed by atoms with Crippen molar-refractivity contribution in [3.63, 3.8) is 0 Å². The molecule has 2 N–H and O–H groups in total. The van der Waals surface area contributed by atoms with Crippen LogP contribution in [0.15, 0.2) is 42.5 Å². The number of benzene rings is 2. The first-order valence-electron chi connectivity index (χ1n) is 9.19. The van der Waals surface area contributed by atoms with Crippen molar-refractivity contribution in [1.82, 2.24) is 10.6 Å². The van der Waals surface area contributed by atoms with Crippen LogP contribution in [-0.2, 0) is 9.59 Å². The first-order valence-corrected chi connectivity index (χ1v) is 9.19. The zero-order valence-corrected chi connectivity index (χ0v) is 17.0. The van der Waals surface area contributed by atoms with Gasteiger partial charge in [0.1, 0.15) is 11.5 Å². The van der Waals surface area contributed by atoms with Gasteiger partial charge in [0.15, 0.2) is 0 Å². The highest BCUT2D eigenvalue weighted by molar-refractivity contribution is 5.79. The molecule has 0 aromatic heterocycles. The minimum atomic E-state index is -0.421. The fourth-order valence-corrected chi connectivity index (χ4v) is 3.09. The number of ether oxygens (including phenoxy) is 2. The second kappa shape index (κ2) is 9.78. The van der Waals surface area contributed by atoms with E-state index in [4.69, 9.17) is 9.47 Å². The number of methoxy groups -OCH3 is 2. The van der Waals surface area contributed by atoms with E-state index >= 15 is 0 Å². The Labute approximate surface area is 166 Å². The summed E-state index contributed by atoms with van der Waals surface area (Å²) in [6.07, 6.45) is 0.129. The molecule has 150 valence electrons. The molecular formula is C22H28N2O4. The monoisotopic (exact) mass is 384 g/mol. The average Bonchev–Trinajstić information content (AvgIpc) is 2.67. The lowest BCUT2D eigenvalue weighted by atomic mass is 10.0. The Balaban J connectivity index is 2.12. The summed E-state index contributed by atoms with van der Waals surface area (Å²) in [5.74, 6) is 1.09. The summed E-state index contributed by atoms with van der Waals surface area (Å²) in [5.41, 5.74) is 2.84. The maximum Gasteiger partial charge on any atom is 0.222 e. The number of hydrogen-bond acceptors (Lipinski definition) is 4. The molecule has 0 heterocycles. The van der Waals surface area contributed by atoms with Crippen molar-refractivity contribution in [2.45, 2.75) is 39.3 Å². The van der Waals surface area contributed by atoms with E-state index in [0.717, 1.165) is 28.2 Å². The van der Waals surface area contributed by atoms with Crippen LogP contribution in [0.1, 0.15) is 49.0 Å². The van der Waals surface area contributed by atoms with Crippen LogP contribution in [0, 0.1) is 6.92 Å². The van der Waals surface area contributed by atoms with Crippen molar-refractivity contribution in [3.8, 4) is 11.5 Å². The number of carbonyl (C=O) groups excluding carboxylic acids is 2. The van der Waals surface area contributed by atoms with E-state index in [0.29, 0.717) is 0 Å². The van der Waals surface area contributed by atoms with Crippen LogP contribution >= 0.6 is 0 Å². The van der Waals surface area contributed by atoms with Crippen LogP contribution in [0.5, 0.6) is 11.5 Å². The van der Waals surface area contributed by atoms with Crippen molar-refractivity contribution >= 4 is 11.8 Å². The SMILES string of the molecule is COc1ccc(C(CC(=O)NC(C)c2cc(C)ccc2OC)NC(C)=O)cc1. The molecule has 2 rings (SSSR count). The van der Waals surface area contributed by atoms with Gasteiger partial charge < -0.3 is 20.1 Å². The van der Waals surface area contributed by atoms with Crippen molar-refractivity contribution in [2.75, 3.05) is 14.2 Å². The molecule has 0 saturated heterocycles. The fourth-order valence-electron chi connectivity index (χ4n) is 3.09. The van der Waals surface area contributed by atoms with Gasteiger partial charge in [0.25, 0.3) is 0 Å². The molecule has 28 heavy (non-hydrogen) atoms. The van der Waals surface area contributed by atoms with Crippen molar-refractivity contribution < 1.29 is 19.1 Å². The van der Waals surface area contributed by atoms with Gasteiger partial charge in [0.2, 0.25) is 11.8 Å². The number of rotatable bonds is 8. The van der Waals surface area contributed by atoms with Crippen LogP contribution in [0.3, 0.4) is 0 Å². The largest absolute Gasteiger partial charge is 0.497 e. The third-order valence-electron chi connectivity index (χ3n) is 4.51. The summed E-state index contributed by atoms with van der Waals surface area (Å²) in [5, 5.41) is 5.84. The first-order chi connectivity index (χ1) is 13.3. The third-order valence-corrected chi connectivity index (χ3v) is 4.51. The number of nitrogens with one attached hydrogen (secondary N) is 2. The number of carbonyl (C=O) groups is 2. The number of amides is 2. The predicted molar refractivity (Wildman–Crippen MR) is 108 cm³/mol. The molecule has 0 fully saturated rings. The topological polar surface area (TPSA) is 76.7 Å². The average molecular weight is 384 g/mol. The second-order valence-electron chi connectivity index (χ2n) is 6.76. The summed E-state index contributed by atoms with van der Waals surface area (Å²) in [4.78, 5) is 24.3. The summed E-state index contributed by atoms with van der Waals surface area (Å²) >= 11 is 0. The van der Waals surface area contributed by atoms with E-state index in [9.17, 15) is 9.59 Å². The Bertz CT molecular complexity index is 818. The van der Waals surface area contributed by atoms with Crippen molar-refractivity contribution in [1.29, 1.82) is 0 Å². The maximum absolute atomic E-state index is 12.7. The normalized spacial score (nSPS) is 12.6. The minimum Gasteiger partial charge on any atom is -0.497 e. The van der Waals surface area contributed by atoms with Gasteiger partial charge in [-0.15, -0.1) is 0 Å². The molecule has 2 aromatic carbocycles. The van der Waals surface area contributed by atoms with Gasteiger partial charge in [0, 0.05) is 12.5 Å². The molecule has 0 radical (unpaired) electrons. The van der Waals surface area contributed by atoms with Crippen molar-refractivity contribution in [2.24, 2.45) is 0 Å². The zero-order valence-electron chi connectivity index (χ0n) is 17.0. The Morgan fingerprint density at radius 2 is 1.68 bits per heavy atom. The summed E-state index contributed by atoms with van der Waals surface area (Å²) in [6.45, 7) is 5.35. The first kappa shape index (κ1) is 21.3. The van der Waals surface area contributed by atoms with Gasteiger partial charge in [-0.2, -0.15) is 0 Å². The number of hydrogen-bond donors (Lipinski definition) is 2. The van der Waals surface area contributed by atoms with Crippen LogP contribution in [0.2, 0.25) is 0 Å². The van der Waals surface area contributed by atoms with E-state index in [1.807, 2.05) is 56.3 Å². The quantitative estimate of drug-likeness (QED) is 0.731. The van der Waals surface area contributed by atoms with Crippen LogP contribution < -0.4 is 20.1 Å². The Morgan fingerprint density at radius 3 is 2.25 bits per heavy atom. The van der Waals surface area contributed by atoms with Crippen LogP contribution in [0.25, 0.3) is 0 Å². The zero-order chi connectivity index (χ0) is 20.7. The molecule has 0 bridgehead atoms. The Hall–Kier alpha value is -3.02. The minimum absolute atomic E-state index is 0.129. The highest BCUT2D eigenvalue weighted by atomic mass is 16.5. The lowest BCUT2D eigenvalue weighted by Gasteiger charge is -2.21. The van der Waals surface area contributed by atoms with E-state index in [-0.39, 0.29) is 24.3 Å². The van der Waals surface area contributed by atoms with Gasteiger partial charge in [-0.3, -0.25) is 9.59 Å². The van der Waals surface area contributed by atoms with Gasteiger partial charge in [-0.1, -0.05) is 29.8 Å². The third kappa shape index (κ3) is 5.74. The van der Waals surface area contributed by atoms with Gasteiger partial charge in [-0.05, 0) is 37.6 Å². The lowest BCUT2D eigenvalue weighted by Crippen LogP contribution is -2.33. The van der Waals surface area contributed by atoms with E-state index < -0.39 is 6.04 Å². The molecule has 6 heteroatoms. The van der Waals surface area contributed by atoms with E-state index in [2.05, 4.69) is 10.6 Å². The smallest absolute Gasteiger partial charge is 0.222 e. The van der Waals surface area contributed by atoms with E-state index in [1.165, 1.54) is 6.92 Å². The standard InChI is InChI=1S/C22H28N2O4/c1-14-6-11-21(28-5)19(12-14)15(2)23-22(26)13-20(24-16(3)25)17-7-9-18(27-4)10-8-17/h6-12,15,20H,13H2,1-5H3,(H,23,26)(H,24,25). The molecule has 6 nitrogen and oxygen atoms in total. The molecule has 0 aliphatic carbocycles. The molecule has 2 atom stereocenters. The second-order valence-corrected chi connectivity index (χ2v) is 6.76. The molecular weight excluding hydrogens is 356 g/mol. The molecule has 0 spiro atoms. The molecule has 0 saturated carbocycles. The predicted octanol–water partition coefficient (Wildman–Crippen LogP) is 3.46. The molecule has 0 aliphatic heterocycles. The fraction of sp³-hybridized carbons (Fsp3) is 0.364. The van der Waals surface area contributed by atoms with Crippen LogP contribution in [-0.4, -0.2) is 26.0 Å². The van der Waals surface area contributed by atoms with Crippen LogP contribution in [0.4, 0.5) is 0 Å². The molecule has 2 aromatic rings. The van der Waals surface area contributed by atoms with E-state index in [1.54, 1.807) is 14.2 Å². The van der Waals surface area contributed by atoms with Gasteiger partial charge in [-0.25, -0.2) is 0 Å². The lowest BCUT2D eigenvalue weighted by molar-refractivity contribution is -0.123. The number of aryl methyl sites for hydroxylation is 1. The summed E-state index contributed by atoms with van der Waals surface area (Å²) < 4.78 is 10.6. The Kier molecular flexibility index (Phi) is 7.44. The highest BCUT2D eigenvalue weighted by Gasteiger charge is 2.20. The van der Waals surface area contributed by atoms with Gasteiger partial charge in [0.05, 0.1) is 32.7 Å². The summed E-state index contributed by atoms with van der Waals surface area (Å²) in [6, 6.07) is 12.5. The van der Waals surface area contributed by atoms with Gasteiger partial charge >= 0.3 is 0 Å². The summed E-state index contributed by atoms with van der Waals surface area (Å²) in [7, 11) is 3.20. The Morgan fingerprint density at radius 1 is 1.00 bits per heavy atom.